The molecule has 0 aromatic heterocycles. The lowest BCUT2D eigenvalue weighted by atomic mass is 10.2. The molecule has 116 valence electrons. The van der Waals surface area contributed by atoms with Crippen molar-refractivity contribution in [3.05, 3.63) is 29.8 Å². The number of ether oxygens (including phenoxy) is 1. The van der Waals surface area contributed by atoms with Gasteiger partial charge in [0.05, 0.1) is 0 Å². The Morgan fingerprint density at radius 2 is 1.81 bits per heavy atom. The van der Waals surface area contributed by atoms with E-state index in [-0.39, 0.29) is 24.1 Å². The molecule has 0 saturated heterocycles. The first-order valence-electron chi connectivity index (χ1n) is 6.07. The molecule has 0 heterocycles. The number of amides is 2. The number of carbonyl (C=O) groups excluding carboxylic acids is 2. The van der Waals surface area contributed by atoms with Crippen molar-refractivity contribution in [3.63, 3.8) is 0 Å². The maximum absolute atomic E-state index is 12.0. The van der Waals surface area contributed by atoms with Crippen LogP contribution in [0.15, 0.2) is 24.3 Å². The Kier molecular flexibility index (Phi) is 5.57. The first kappa shape index (κ1) is 16.8. The number of rotatable bonds is 5. The minimum atomic E-state index is -4.73. The van der Waals surface area contributed by atoms with Crippen molar-refractivity contribution in [2.75, 3.05) is 0 Å². The van der Waals surface area contributed by atoms with Crippen LogP contribution in [0, 0.1) is 0 Å². The van der Waals surface area contributed by atoms with Gasteiger partial charge in [0.2, 0.25) is 11.8 Å². The number of halogens is 3. The molecule has 21 heavy (non-hydrogen) atoms. The highest BCUT2D eigenvalue weighted by Gasteiger charge is 2.30. The summed E-state index contributed by atoms with van der Waals surface area (Å²) >= 11 is 0. The monoisotopic (exact) mass is 304 g/mol. The Hall–Kier alpha value is -2.25. The summed E-state index contributed by atoms with van der Waals surface area (Å²) in [4.78, 5) is 22.4. The van der Waals surface area contributed by atoms with Crippen molar-refractivity contribution < 1.29 is 27.5 Å². The lowest BCUT2D eigenvalue weighted by molar-refractivity contribution is -0.274. The molecule has 1 atom stereocenters. The van der Waals surface area contributed by atoms with Gasteiger partial charge < -0.3 is 15.4 Å². The molecule has 0 saturated carbocycles. The van der Waals surface area contributed by atoms with Crippen LogP contribution in [0.3, 0.4) is 0 Å². The molecular weight excluding hydrogens is 289 g/mol. The normalized spacial score (nSPS) is 12.4. The van der Waals surface area contributed by atoms with Crippen LogP contribution in [0.2, 0.25) is 0 Å². The lowest BCUT2D eigenvalue weighted by Gasteiger charge is -2.13. The average molecular weight is 304 g/mol. The second kappa shape index (κ2) is 6.96. The van der Waals surface area contributed by atoms with Crippen LogP contribution >= 0.6 is 0 Å². The average Bonchev–Trinajstić information content (AvgIpc) is 2.35. The van der Waals surface area contributed by atoms with Crippen LogP contribution in [-0.4, -0.2) is 24.2 Å². The predicted octanol–water partition coefficient (Wildman–Crippen LogP) is 1.73. The van der Waals surface area contributed by atoms with E-state index in [0.717, 1.165) is 12.1 Å². The molecule has 0 aliphatic heterocycles. The molecule has 2 amide bonds. The summed E-state index contributed by atoms with van der Waals surface area (Å²) in [6.07, 6.45) is -4.73. The van der Waals surface area contributed by atoms with Gasteiger partial charge in [-0.3, -0.25) is 9.59 Å². The van der Waals surface area contributed by atoms with E-state index in [1.807, 2.05) is 0 Å². The summed E-state index contributed by atoms with van der Waals surface area (Å²) < 4.78 is 39.7. The van der Waals surface area contributed by atoms with Gasteiger partial charge in [-0.2, -0.15) is 0 Å². The van der Waals surface area contributed by atoms with E-state index in [1.54, 1.807) is 0 Å². The van der Waals surface area contributed by atoms with Crippen molar-refractivity contribution in [2.45, 2.75) is 32.8 Å². The number of benzene rings is 1. The third-order valence-corrected chi connectivity index (χ3v) is 2.44. The molecule has 0 aliphatic rings. The van der Waals surface area contributed by atoms with Crippen LogP contribution in [-0.2, 0) is 16.1 Å². The van der Waals surface area contributed by atoms with Crippen LogP contribution in [0.4, 0.5) is 13.2 Å². The molecule has 1 aromatic rings. The number of hydrogen-bond donors (Lipinski definition) is 2. The fraction of sp³-hybridized carbons (Fsp3) is 0.385. The summed E-state index contributed by atoms with van der Waals surface area (Å²) in [7, 11) is 0. The summed E-state index contributed by atoms with van der Waals surface area (Å²) in [6.45, 7) is 2.95. The van der Waals surface area contributed by atoms with Gasteiger partial charge >= 0.3 is 6.36 Å². The van der Waals surface area contributed by atoms with E-state index in [9.17, 15) is 22.8 Å². The molecule has 0 radical (unpaired) electrons. The Labute approximate surface area is 119 Å². The molecule has 0 unspecified atom stereocenters. The van der Waals surface area contributed by atoms with E-state index in [2.05, 4.69) is 15.4 Å². The number of hydrogen-bond acceptors (Lipinski definition) is 3. The highest BCUT2D eigenvalue weighted by atomic mass is 19.4. The van der Waals surface area contributed by atoms with E-state index < -0.39 is 12.4 Å². The third kappa shape index (κ3) is 6.64. The second-order valence-electron chi connectivity index (χ2n) is 4.33. The third-order valence-electron chi connectivity index (χ3n) is 2.44. The molecule has 5 nitrogen and oxygen atoms in total. The van der Waals surface area contributed by atoms with Crippen molar-refractivity contribution >= 4 is 11.8 Å². The van der Waals surface area contributed by atoms with Gasteiger partial charge in [-0.05, 0) is 24.6 Å². The van der Waals surface area contributed by atoms with E-state index >= 15 is 0 Å². The molecular formula is C13H15F3N2O3. The first-order valence-corrected chi connectivity index (χ1v) is 6.07. The van der Waals surface area contributed by atoms with Crippen molar-refractivity contribution in [3.8, 4) is 5.75 Å². The first-order chi connectivity index (χ1) is 9.67. The quantitative estimate of drug-likeness (QED) is 0.870. The Balaban J connectivity index is 2.49. The molecule has 0 fully saturated rings. The zero-order valence-corrected chi connectivity index (χ0v) is 11.5. The van der Waals surface area contributed by atoms with Crippen LogP contribution < -0.4 is 15.4 Å². The van der Waals surface area contributed by atoms with Gasteiger partial charge in [-0.1, -0.05) is 12.1 Å². The molecule has 0 bridgehead atoms. The van der Waals surface area contributed by atoms with Crippen molar-refractivity contribution in [1.29, 1.82) is 0 Å². The van der Waals surface area contributed by atoms with Crippen LogP contribution in [0.5, 0.6) is 5.75 Å². The van der Waals surface area contributed by atoms with Gasteiger partial charge in [0, 0.05) is 13.5 Å². The smallest absolute Gasteiger partial charge is 0.406 e. The standard InChI is InChI=1S/C13H15F3N2O3/c1-8(18-9(2)19)12(20)17-7-10-3-5-11(6-4-10)21-13(14,15)16/h3-6,8H,7H2,1-2H3,(H,17,20)(H,18,19)/t8-/m1/s1. The molecule has 0 aliphatic carbocycles. The zero-order chi connectivity index (χ0) is 16.0. The number of carbonyl (C=O) groups is 2. The van der Waals surface area contributed by atoms with Crippen molar-refractivity contribution in [1.82, 2.24) is 10.6 Å². The minimum Gasteiger partial charge on any atom is -0.406 e. The maximum Gasteiger partial charge on any atom is 0.573 e. The van der Waals surface area contributed by atoms with E-state index in [4.69, 9.17) is 0 Å². The minimum absolute atomic E-state index is 0.134. The summed E-state index contributed by atoms with van der Waals surface area (Å²) in [5.41, 5.74) is 0.605. The fourth-order valence-corrected chi connectivity index (χ4v) is 1.52. The fourth-order valence-electron chi connectivity index (χ4n) is 1.52. The summed E-state index contributed by atoms with van der Waals surface area (Å²) in [5, 5.41) is 4.97. The van der Waals surface area contributed by atoms with Gasteiger partial charge in [0.25, 0.3) is 0 Å². The largest absolute Gasteiger partial charge is 0.573 e. The summed E-state index contributed by atoms with van der Waals surface area (Å²) in [5.74, 6) is -1.05. The second-order valence-corrected chi connectivity index (χ2v) is 4.33. The van der Waals surface area contributed by atoms with Gasteiger partial charge in [-0.25, -0.2) is 0 Å². The Bertz CT molecular complexity index is 500. The summed E-state index contributed by atoms with van der Waals surface area (Å²) in [6, 6.07) is 4.45. The lowest BCUT2D eigenvalue weighted by Crippen LogP contribution is -2.43. The molecule has 0 spiro atoms. The molecule has 8 heteroatoms. The van der Waals surface area contributed by atoms with Crippen molar-refractivity contribution in [2.24, 2.45) is 0 Å². The Morgan fingerprint density at radius 1 is 1.24 bits per heavy atom. The van der Waals surface area contributed by atoms with Gasteiger partial charge in [-0.15, -0.1) is 13.2 Å². The molecule has 2 N–H and O–H groups in total. The highest BCUT2D eigenvalue weighted by Crippen LogP contribution is 2.22. The predicted molar refractivity (Wildman–Crippen MR) is 68.3 cm³/mol. The zero-order valence-electron chi connectivity index (χ0n) is 11.5. The SMILES string of the molecule is CC(=O)N[C@H](C)C(=O)NCc1ccc(OC(F)(F)F)cc1. The van der Waals surface area contributed by atoms with Gasteiger partial charge in [0.15, 0.2) is 0 Å². The Morgan fingerprint density at radius 3 is 2.29 bits per heavy atom. The maximum atomic E-state index is 12.0. The highest BCUT2D eigenvalue weighted by molar-refractivity contribution is 5.86. The van der Waals surface area contributed by atoms with E-state index in [1.165, 1.54) is 26.0 Å². The van der Waals surface area contributed by atoms with Crippen LogP contribution in [0.25, 0.3) is 0 Å². The molecule has 1 rings (SSSR count). The van der Waals surface area contributed by atoms with E-state index in [0.29, 0.717) is 5.56 Å². The topological polar surface area (TPSA) is 67.4 Å². The van der Waals surface area contributed by atoms with Gasteiger partial charge in [0.1, 0.15) is 11.8 Å². The van der Waals surface area contributed by atoms with Crippen LogP contribution in [0.1, 0.15) is 19.4 Å². The molecule has 1 aromatic carbocycles. The number of alkyl halides is 3. The number of nitrogens with one attached hydrogen (secondary N) is 2.